The van der Waals surface area contributed by atoms with Gasteiger partial charge in [-0.2, -0.15) is 0 Å². The summed E-state index contributed by atoms with van der Waals surface area (Å²) in [6.45, 7) is 4.22. The molecule has 0 amide bonds. The van der Waals surface area contributed by atoms with Gasteiger partial charge >= 0.3 is 0 Å². The Morgan fingerprint density at radius 2 is 1.70 bits per heavy atom. The van der Waals surface area contributed by atoms with Crippen molar-refractivity contribution in [3.8, 4) is 11.5 Å². The second-order valence-corrected chi connectivity index (χ2v) is 4.82. The van der Waals surface area contributed by atoms with E-state index in [2.05, 4.69) is 0 Å². The van der Waals surface area contributed by atoms with Crippen LogP contribution < -0.4 is 9.47 Å². The lowest BCUT2D eigenvalue weighted by atomic mass is 10.1. The fourth-order valence-corrected chi connectivity index (χ4v) is 2.13. The van der Waals surface area contributed by atoms with Crippen molar-refractivity contribution >= 4 is 0 Å². The van der Waals surface area contributed by atoms with Crippen LogP contribution in [0.2, 0.25) is 0 Å². The maximum atomic E-state index is 10.2. The zero-order valence-electron chi connectivity index (χ0n) is 12.1. The van der Waals surface area contributed by atoms with Crippen molar-refractivity contribution in [3.05, 3.63) is 59.2 Å². The highest BCUT2D eigenvalue weighted by molar-refractivity contribution is 5.39. The van der Waals surface area contributed by atoms with Crippen LogP contribution in [0.3, 0.4) is 0 Å². The number of methoxy groups -OCH3 is 1. The molecule has 0 aromatic heterocycles. The molecule has 0 bridgehead atoms. The van der Waals surface area contributed by atoms with Gasteiger partial charge in [0, 0.05) is 0 Å². The summed E-state index contributed by atoms with van der Waals surface area (Å²) in [5, 5.41) is 10.2. The zero-order chi connectivity index (χ0) is 14.5. The van der Waals surface area contributed by atoms with Gasteiger partial charge in [-0.3, -0.25) is 0 Å². The standard InChI is InChI=1S/C17H20O3/c1-12-6-4-7-13(2)17(12)20-11-16(18)14-8-5-9-15(10-14)19-3/h4-10,16,18H,11H2,1-3H3. The van der Waals surface area contributed by atoms with Gasteiger partial charge in [0.1, 0.15) is 24.2 Å². The number of ether oxygens (including phenoxy) is 2. The summed E-state index contributed by atoms with van der Waals surface area (Å²) in [4.78, 5) is 0. The Morgan fingerprint density at radius 1 is 1.05 bits per heavy atom. The molecule has 3 nitrogen and oxygen atoms in total. The molecule has 1 unspecified atom stereocenters. The molecular formula is C17H20O3. The van der Waals surface area contributed by atoms with Gasteiger partial charge in [0.25, 0.3) is 0 Å². The first-order chi connectivity index (χ1) is 9.61. The molecule has 2 rings (SSSR count). The van der Waals surface area contributed by atoms with E-state index >= 15 is 0 Å². The van der Waals surface area contributed by atoms with Crippen LogP contribution >= 0.6 is 0 Å². The highest BCUT2D eigenvalue weighted by Crippen LogP contribution is 2.25. The summed E-state index contributed by atoms with van der Waals surface area (Å²) in [5.41, 5.74) is 2.93. The van der Waals surface area contributed by atoms with E-state index in [4.69, 9.17) is 9.47 Å². The Kier molecular flexibility index (Phi) is 4.64. The first-order valence-corrected chi connectivity index (χ1v) is 6.63. The van der Waals surface area contributed by atoms with Crippen LogP contribution in [0.4, 0.5) is 0 Å². The first-order valence-electron chi connectivity index (χ1n) is 6.63. The topological polar surface area (TPSA) is 38.7 Å². The molecule has 2 aromatic rings. The molecule has 20 heavy (non-hydrogen) atoms. The molecular weight excluding hydrogens is 252 g/mol. The average Bonchev–Trinajstić information content (AvgIpc) is 2.46. The van der Waals surface area contributed by atoms with E-state index in [0.717, 1.165) is 28.2 Å². The van der Waals surface area contributed by atoms with Crippen LogP contribution in [-0.2, 0) is 0 Å². The van der Waals surface area contributed by atoms with Crippen molar-refractivity contribution in [2.45, 2.75) is 20.0 Å². The van der Waals surface area contributed by atoms with E-state index in [-0.39, 0.29) is 6.61 Å². The summed E-state index contributed by atoms with van der Waals surface area (Å²) < 4.78 is 10.9. The molecule has 0 aliphatic rings. The number of aliphatic hydroxyl groups excluding tert-OH is 1. The minimum atomic E-state index is -0.677. The lowest BCUT2D eigenvalue weighted by molar-refractivity contribution is 0.107. The third-order valence-corrected chi connectivity index (χ3v) is 3.27. The molecule has 0 spiro atoms. The molecule has 0 saturated heterocycles. The van der Waals surface area contributed by atoms with E-state index in [9.17, 15) is 5.11 Å². The van der Waals surface area contributed by atoms with Gasteiger partial charge in [-0.25, -0.2) is 0 Å². The van der Waals surface area contributed by atoms with Crippen molar-refractivity contribution in [3.63, 3.8) is 0 Å². The van der Waals surface area contributed by atoms with Gasteiger partial charge in [-0.15, -0.1) is 0 Å². The molecule has 106 valence electrons. The monoisotopic (exact) mass is 272 g/mol. The van der Waals surface area contributed by atoms with Crippen LogP contribution in [0, 0.1) is 13.8 Å². The van der Waals surface area contributed by atoms with Crippen molar-refractivity contribution < 1.29 is 14.6 Å². The van der Waals surface area contributed by atoms with E-state index < -0.39 is 6.10 Å². The Labute approximate surface area is 119 Å². The number of aryl methyl sites for hydroxylation is 2. The van der Waals surface area contributed by atoms with Crippen molar-refractivity contribution in [1.82, 2.24) is 0 Å². The van der Waals surface area contributed by atoms with Gasteiger partial charge in [0.15, 0.2) is 0 Å². The van der Waals surface area contributed by atoms with Crippen LogP contribution in [0.15, 0.2) is 42.5 Å². The smallest absolute Gasteiger partial charge is 0.125 e. The van der Waals surface area contributed by atoms with Gasteiger partial charge < -0.3 is 14.6 Å². The molecule has 0 heterocycles. The van der Waals surface area contributed by atoms with Crippen LogP contribution in [0.5, 0.6) is 11.5 Å². The summed E-state index contributed by atoms with van der Waals surface area (Å²) in [7, 11) is 1.61. The SMILES string of the molecule is COc1cccc(C(O)COc2c(C)cccc2C)c1. The molecule has 0 fully saturated rings. The number of hydrogen-bond acceptors (Lipinski definition) is 3. The lowest BCUT2D eigenvalue weighted by Gasteiger charge is -2.16. The first kappa shape index (κ1) is 14.4. The maximum Gasteiger partial charge on any atom is 0.125 e. The van der Waals surface area contributed by atoms with E-state index in [1.807, 2.05) is 56.3 Å². The number of rotatable bonds is 5. The maximum absolute atomic E-state index is 10.2. The minimum absolute atomic E-state index is 0.221. The van der Waals surface area contributed by atoms with E-state index in [1.54, 1.807) is 7.11 Å². The third kappa shape index (κ3) is 3.31. The number of hydrogen-bond donors (Lipinski definition) is 1. The van der Waals surface area contributed by atoms with Gasteiger partial charge in [-0.05, 0) is 42.7 Å². The predicted octanol–water partition coefficient (Wildman–Crippen LogP) is 3.42. The second-order valence-electron chi connectivity index (χ2n) is 4.82. The molecule has 0 aliphatic carbocycles. The third-order valence-electron chi connectivity index (χ3n) is 3.27. The Morgan fingerprint density at radius 3 is 2.35 bits per heavy atom. The molecule has 1 atom stereocenters. The average molecular weight is 272 g/mol. The van der Waals surface area contributed by atoms with Gasteiger partial charge in [0.05, 0.1) is 7.11 Å². The second kappa shape index (κ2) is 6.44. The molecule has 0 radical (unpaired) electrons. The zero-order valence-corrected chi connectivity index (χ0v) is 12.1. The summed E-state index contributed by atoms with van der Waals surface area (Å²) in [6.07, 6.45) is -0.677. The number of para-hydroxylation sites is 1. The Hall–Kier alpha value is -2.00. The Bertz CT molecular complexity index is 558. The molecule has 1 N–H and O–H groups in total. The summed E-state index contributed by atoms with van der Waals surface area (Å²) in [5.74, 6) is 1.57. The Balaban J connectivity index is 2.06. The quantitative estimate of drug-likeness (QED) is 0.906. The van der Waals surface area contributed by atoms with Gasteiger partial charge in [0.2, 0.25) is 0 Å². The molecule has 0 saturated carbocycles. The summed E-state index contributed by atoms with van der Waals surface area (Å²) in [6, 6.07) is 13.4. The summed E-state index contributed by atoms with van der Waals surface area (Å²) >= 11 is 0. The fourth-order valence-electron chi connectivity index (χ4n) is 2.13. The number of aliphatic hydroxyl groups is 1. The molecule has 0 aliphatic heterocycles. The van der Waals surface area contributed by atoms with Crippen LogP contribution in [-0.4, -0.2) is 18.8 Å². The van der Waals surface area contributed by atoms with Crippen molar-refractivity contribution in [1.29, 1.82) is 0 Å². The van der Waals surface area contributed by atoms with Gasteiger partial charge in [-0.1, -0.05) is 30.3 Å². The normalized spacial score (nSPS) is 12.0. The van der Waals surface area contributed by atoms with Crippen molar-refractivity contribution in [2.75, 3.05) is 13.7 Å². The van der Waals surface area contributed by atoms with Crippen molar-refractivity contribution in [2.24, 2.45) is 0 Å². The van der Waals surface area contributed by atoms with Crippen LogP contribution in [0.1, 0.15) is 22.8 Å². The minimum Gasteiger partial charge on any atom is -0.497 e. The number of benzene rings is 2. The molecule has 3 heteroatoms. The van der Waals surface area contributed by atoms with Crippen LogP contribution in [0.25, 0.3) is 0 Å². The highest BCUT2D eigenvalue weighted by Gasteiger charge is 2.11. The lowest BCUT2D eigenvalue weighted by Crippen LogP contribution is -2.11. The fraction of sp³-hybridized carbons (Fsp3) is 0.294. The van der Waals surface area contributed by atoms with E-state index in [1.165, 1.54) is 0 Å². The predicted molar refractivity (Wildman–Crippen MR) is 79.4 cm³/mol. The van der Waals surface area contributed by atoms with E-state index in [0.29, 0.717) is 0 Å². The molecule has 2 aromatic carbocycles. The largest absolute Gasteiger partial charge is 0.497 e. The highest BCUT2D eigenvalue weighted by atomic mass is 16.5.